The van der Waals surface area contributed by atoms with Crippen molar-refractivity contribution in [2.24, 2.45) is 0 Å². The van der Waals surface area contributed by atoms with E-state index in [0.717, 1.165) is 37.4 Å². The maximum atomic E-state index is 13.7. The van der Waals surface area contributed by atoms with E-state index in [0.29, 0.717) is 17.0 Å². The van der Waals surface area contributed by atoms with Crippen LogP contribution in [0.4, 0.5) is 20.3 Å². The van der Waals surface area contributed by atoms with Crippen LogP contribution in [-0.4, -0.2) is 41.9 Å². The molecule has 1 aliphatic heterocycles. The summed E-state index contributed by atoms with van der Waals surface area (Å²) in [6, 6.07) is 7.53. The van der Waals surface area contributed by atoms with E-state index >= 15 is 0 Å². The van der Waals surface area contributed by atoms with Gasteiger partial charge in [-0.3, -0.25) is 4.98 Å². The predicted molar refractivity (Wildman–Crippen MR) is 134 cm³/mol. The van der Waals surface area contributed by atoms with E-state index in [1.165, 1.54) is 13.0 Å². The van der Waals surface area contributed by atoms with Gasteiger partial charge in [-0.15, -0.1) is 0 Å². The van der Waals surface area contributed by atoms with Crippen LogP contribution < -0.4 is 14.5 Å². The molecule has 3 rings (SSSR count). The van der Waals surface area contributed by atoms with Crippen molar-refractivity contribution in [1.82, 2.24) is 9.97 Å². The summed E-state index contributed by atoms with van der Waals surface area (Å²) >= 11 is 0. The lowest BCUT2D eigenvalue weighted by atomic mass is 10.0. The molecule has 6 nitrogen and oxygen atoms in total. The minimum Gasteiger partial charge on any atom is -0.494 e. The topological polar surface area (TPSA) is 65.3 Å². The van der Waals surface area contributed by atoms with Gasteiger partial charge in [0, 0.05) is 43.3 Å². The largest absolute Gasteiger partial charge is 0.494 e. The van der Waals surface area contributed by atoms with Gasteiger partial charge in [0.25, 0.3) is 5.66 Å². The Morgan fingerprint density at radius 1 is 1.29 bits per heavy atom. The van der Waals surface area contributed by atoms with E-state index in [2.05, 4.69) is 32.4 Å². The lowest BCUT2D eigenvalue weighted by molar-refractivity contribution is 0.147. The number of rotatable bonds is 8. The molecule has 0 aromatic carbocycles. The molecular weight excluding hydrogens is 455 g/mol. The Kier molecular flexibility index (Phi) is 8.36. The Balaban J connectivity index is 1.92. The van der Waals surface area contributed by atoms with Gasteiger partial charge in [-0.05, 0) is 49.6 Å². The molecule has 0 amide bonds. The SMILES string of the molecule is C=C/C(=C\C=C(/C)C(F)(F)P)N(c1cnccc1OC)C1CCN(c2ccc(C#N)cn2)CC1. The first kappa shape index (κ1) is 25.3. The highest BCUT2D eigenvalue weighted by atomic mass is 31.0. The van der Waals surface area contributed by atoms with Crippen molar-refractivity contribution in [3.05, 3.63) is 78.4 Å². The smallest absolute Gasteiger partial charge is 0.280 e. The molecule has 0 aliphatic carbocycles. The minimum absolute atomic E-state index is 0.0576. The van der Waals surface area contributed by atoms with Crippen molar-refractivity contribution < 1.29 is 13.5 Å². The third kappa shape index (κ3) is 5.98. The number of aromatic nitrogens is 2. The number of pyridine rings is 2. The van der Waals surface area contributed by atoms with Gasteiger partial charge in [-0.25, -0.2) is 4.98 Å². The zero-order chi connectivity index (χ0) is 24.7. The fraction of sp³-hybridized carbons (Fsp3) is 0.320. The monoisotopic (exact) mass is 483 g/mol. The number of alkyl halides is 2. The molecule has 2 aromatic heterocycles. The third-order valence-corrected chi connectivity index (χ3v) is 6.24. The number of methoxy groups -OCH3 is 1. The van der Waals surface area contributed by atoms with E-state index in [4.69, 9.17) is 10.00 Å². The van der Waals surface area contributed by atoms with E-state index in [-0.39, 0.29) is 11.6 Å². The van der Waals surface area contributed by atoms with E-state index < -0.39 is 5.66 Å². The summed E-state index contributed by atoms with van der Waals surface area (Å²) in [5.74, 6) is 1.46. The van der Waals surface area contributed by atoms with Gasteiger partial charge in [0.1, 0.15) is 23.3 Å². The molecule has 1 saturated heterocycles. The molecule has 0 radical (unpaired) electrons. The molecule has 34 heavy (non-hydrogen) atoms. The first-order chi connectivity index (χ1) is 16.3. The molecule has 1 unspecified atom stereocenters. The number of halogens is 2. The van der Waals surface area contributed by atoms with Crippen LogP contribution in [0.1, 0.15) is 25.3 Å². The Hall–Kier alpha value is -3.30. The minimum atomic E-state index is -2.99. The number of allylic oxidation sites excluding steroid dienone is 4. The molecule has 3 heterocycles. The van der Waals surface area contributed by atoms with Crippen LogP contribution in [0.15, 0.2) is 72.9 Å². The highest BCUT2D eigenvalue weighted by Gasteiger charge is 2.29. The molecule has 1 atom stereocenters. The van der Waals surface area contributed by atoms with Crippen LogP contribution in [-0.2, 0) is 0 Å². The van der Waals surface area contributed by atoms with Crippen molar-refractivity contribution in [1.29, 1.82) is 5.26 Å². The van der Waals surface area contributed by atoms with Crippen LogP contribution in [0.2, 0.25) is 0 Å². The van der Waals surface area contributed by atoms with Crippen molar-refractivity contribution in [2.45, 2.75) is 31.5 Å². The maximum Gasteiger partial charge on any atom is 0.280 e. The fourth-order valence-electron chi connectivity index (χ4n) is 3.83. The summed E-state index contributed by atoms with van der Waals surface area (Å²) in [5.41, 5.74) is -1.12. The molecule has 178 valence electrons. The van der Waals surface area contributed by atoms with Crippen LogP contribution in [0.25, 0.3) is 0 Å². The molecule has 0 bridgehead atoms. The lowest BCUT2D eigenvalue weighted by Gasteiger charge is -2.40. The van der Waals surface area contributed by atoms with E-state index in [9.17, 15) is 8.78 Å². The summed E-state index contributed by atoms with van der Waals surface area (Å²) in [7, 11) is 3.15. The second-order valence-electron chi connectivity index (χ2n) is 7.92. The van der Waals surface area contributed by atoms with Crippen molar-refractivity contribution in [3.8, 4) is 11.8 Å². The maximum absolute atomic E-state index is 13.7. The normalized spacial score (nSPS) is 15.6. The third-order valence-electron chi connectivity index (χ3n) is 5.79. The van der Waals surface area contributed by atoms with Crippen molar-refractivity contribution in [3.63, 3.8) is 0 Å². The van der Waals surface area contributed by atoms with Gasteiger partial charge in [0.05, 0.1) is 18.9 Å². The van der Waals surface area contributed by atoms with Gasteiger partial charge in [-0.1, -0.05) is 21.9 Å². The standard InChI is InChI=1S/C25H28F2N5OP/c1-4-20(7-5-18(2)25(26,27)34)32(22-17-29-12-9-23(22)33-3)21-10-13-31(14-11-21)24-8-6-19(15-28)16-30-24/h4-9,12,16-17,21H,1,10-11,13-14,34H2,2-3H3/b18-5+,20-7+. The van der Waals surface area contributed by atoms with Gasteiger partial charge < -0.3 is 14.5 Å². The van der Waals surface area contributed by atoms with E-state index in [1.54, 1.807) is 59.2 Å². The first-order valence-corrected chi connectivity index (χ1v) is 11.4. The number of nitriles is 1. The number of hydrogen-bond acceptors (Lipinski definition) is 6. The highest BCUT2D eigenvalue weighted by molar-refractivity contribution is 7.18. The lowest BCUT2D eigenvalue weighted by Crippen LogP contribution is -2.45. The van der Waals surface area contributed by atoms with Crippen molar-refractivity contribution in [2.75, 3.05) is 30.0 Å². The molecule has 0 saturated carbocycles. The van der Waals surface area contributed by atoms with Crippen LogP contribution >= 0.6 is 9.24 Å². The van der Waals surface area contributed by atoms with Gasteiger partial charge >= 0.3 is 0 Å². The molecule has 0 spiro atoms. The molecule has 2 aromatic rings. The van der Waals surface area contributed by atoms with Gasteiger partial charge in [0.2, 0.25) is 0 Å². The summed E-state index contributed by atoms with van der Waals surface area (Å²) in [6.45, 7) is 6.81. The molecule has 9 heteroatoms. The Morgan fingerprint density at radius 3 is 2.59 bits per heavy atom. The van der Waals surface area contributed by atoms with Gasteiger partial charge in [-0.2, -0.15) is 14.0 Å². The molecule has 0 N–H and O–H groups in total. The number of nitrogens with zero attached hydrogens (tertiary/aromatic N) is 5. The second-order valence-corrected chi connectivity index (χ2v) is 8.65. The molecule has 1 aliphatic rings. The number of ether oxygens (including phenoxy) is 1. The second kappa shape index (κ2) is 11.2. The average Bonchev–Trinajstić information content (AvgIpc) is 2.86. The predicted octanol–water partition coefficient (Wildman–Crippen LogP) is 5.32. The summed E-state index contributed by atoms with van der Waals surface area (Å²) in [4.78, 5) is 12.9. The Morgan fingerprint density at radius 2 is 2.03 bits per heavy atom. The summed E-state index contributed by atoms with van der Waals surface area (Å²) < 4.78 is 32.9. The summed E-state index contributed by atoms with van der Waals surface area (Å²) in [6.07, 6.45) is 11.2. The van der Waals surface area contributed by atoms with Crippen molar-refractivity contribution >= 4 is 20.7 Å². The zero-order valence-electron chi connectivity index (χ0n) is 19.3. The Bertz CT molecular complexity index is 1100. The highest BCUT2D eigenvalue weighted by Crippen LogP contribution is 2.36. The van der Waals surface area contributed by atoms with Crippen LogP contribution in [0.3, 0.4) is 0 Å². The zero-order valence-corrected chi connectivity index (χ0v) is 20.4. The van der Waals surface area contributed by atoms with E-state index in [1.807, 2.05) is 6.07 Å². The number of piperidine rings is 1. The number of hydrogen-bond donors (Lipinski definition) is 0. The fourth-order valence-corrected chi connectivity index (χ4v) is 3.93. The average molecular weight is 484 g/mol. The Labute approximate surface area is 201 Å². The quantitative estimate of drug-likeness (QED) is 0.374. The molecule has 1 fully saturated rings. The molecular formula is C25H28F2N5OP. The summed E-state index contributed by atoms with van der Waals surface area (Å²) in [5, 5.41) is 9.00. The first-order valence-electron chi connectivity index (χ1n) is 10.8. The van der Waals surface area contributed by atoms with Crippen LogP contribution in [0.5, 0.6) is 5.75 Å². The number of anilines is 2. The van der Waals surface area contributed by atoms with Crippen LogP contribution in [0, 0.1) is 11.3 Å². The van der Waals surface area contributed by atoms with Gasteiger partial charge in [0.15, 0.2) is 0 Å².